The van der Waals surface area contributed by atoms with E-state index in [9.17, 15) is 0 Å². The molecule has 0 aromatic rings. The van der Waals surface area contributed by atoms with Crippen LogP contribution in [0.3, 0.4) is 0 Å². The maximum absolute atomic E-state index is 3.77. The van der Waals surface area contributed by atoms with Gasteiger partial charge in [-0.25, -0.2) is 0 Å². The fourth-order valence-electron chi connectivity index (χ4n) is 3.32. The van der Waals surface area contributed by atoms with Crippen LogP contribution in [0.1, 0.15) is 52.4 Å². The van der Waals surface area contributed by atoms with Gasteiger partial charge in [-0.15, -0.1) is 0 Å². The molecule has 106 valence electrons. The molecule has 1 saturated heterocycles. The lowest BCUT2D eigenvalue weighted by Gasteiger charge is -2.41. The Morgan fingerprint density at radius 1 is 1.11 bits per heavy atom. The Morgan fingerprint density at radius 3 is 2.44 bits per heavy atom. The van der Waals surface area contributed by atoms with Crippen LogP contribution in [0, 0.1) is 0 Å². The van der Waals surface area contributed by atoms with E-state index in [2.05, 4.69) is 29.4 Å². The SMILES string of the molecule is CC(C)(CCNC1CCCCC1)N1CCNCC1. The molecule has 0 radical (unpaired) electrons. The fraction of sp³-hybridized carbons (Fsp3) is 1.00. The van der Waals surface area contributed by atoms with E-state index < -0.39 is 0 Å². The molecule has 18 heavy (non-hydrogen) atoms. The van der Waals surface area contributed by atoms with E-state index in [0.717, 1.165) is 19.1 Å². The molecule has 0 atom stereocenters. The normalized spacial score (nSPS) is 24.3. The highest BCUT2D eigenvalue weighted by Crippen LogP contribution is 2.20. The second-order valence-electron chi connectivity index (χ2n) is 6.59. The van der Waals surface area contributed by atoms with Gasteiger partial charge < -0.3 is 10.6 Å². The molecule has 2 aliphatic rings. The molecule has 1 heterocycles. The van der Waals surface area contributed by atoms with Gasteiger partial charge in [0.05, 0.1) is 0 Å². The molecule has 0 unspecified atom stereocenters. The molecule has 2 fully saturated rings. The Balaban J connectivity index is 1.67. The predicted octanol–water partition coefficient (Wildman–Crippen LogP) is 1.98. The van der Waals surface area contributed by atoms with E-state index in [1.54, 1.807) is 0 Å². The summed E-state index contributed by atoms with van der Waals surface area (Å²) in [6.07, 6.45) is 8.37. The smallest absolute Gasteiger partial charge is 0.0166 e. The molecule has 2 rings (SSSR count). The van der Waals surface area contributed by atoms with Gasteiger partial charge in [0.25, 0.3) is 0 Å². The highest BCUT2D eigenvalue weighted by molar-refractivity contribution is 4.86. The highest BCUT2D eigenvalue weighted by Gasteiger charge is 2.27. The number of rotatable bonds is 5. The van der Waals surface area contributed by atoms with Crippen LogP contribution in [0.5, 0.6) is 0 Å². The van der Waals surface area contributed by atoms with E-state index >= 15 is 0 Å². The lowest BCUT2D eigenvalue weighted by molar-refractivity contribution is 0.0944. The molecule has 0 aromatic heterocycles. The quantitative estimate of drug-likeness (QED) is 0.784. The summed E-state index contributed by atoms with van der Waals surface area (Å²) in [4.78, 5) is 2.64. The summed E-state index contributed by atoms with van der Waals surface area (Å²) in [6, 6.07) is 0.803. The lowest BCUT2D eigenvalue weighted by Crippen LogP contribution is -2.54. The first-order chi connectivity index (χ1) is 8.68. The van der Waals surface area contributed by atoms with Crippen molar-refractivity contribution in [2.75, 3.05) is 32.7 Å². The van der Waals surface area contributed by atoms with E-state index in [1.165, 1.54) is 58.2 Å². The molecule has 0 aromatic carbocycles. The number of hydrogen-bond acceptors (Lipinski definition) is 3. The van der Waals surface area contributed by atoms with Crippen molar-refractivity contribution in [3.05, 3.63) is 0 Å². The van der Waals surface area contributed by atoms with Crippen LogP contribution < -0.4 is 10.6 Å². The molecule has 3 heteroatoms. The van der Waals surface area contributed by atoms with E-state index in [4.69, 9.17) is 0 Å². The zero-order valence-corrected chi connectivity index (χ0v) is 12.3. The summed E-state index contributed by atoms with van der Waals surface area (Å²) in [5, 5.41) is 7.21. The van der Waals surface area contributed by atoms with Crippen molar-refractivity contribution in [2.24, 2.45) is 0 Å². The average Bonchev–Trinajstić information content (AvgIpc) is 2.41. The third kappa shape index (κ3) is 4.22. The molecular weight excluding hydrogens is 222 g/mol. The first kappa shape index (κ1) is 14.3. The van der Waals surface area contributed by atoms with Crippen molar-refractivity contribution >= 4 is 0 Å². The predicted molar refractivity (Wildman–Crippen MR) is 78.0 cm³/mol. The first-order valence-corrected chi connectivity index (χ1v) is 7.88. The molecule has 1 aliphatic carbocycles. The lowest BCUT2D eigenvalue weighted by atomic mass is 9.94. The van der Waals surface area contributed by atoms with Crippen LogP contribution in [0.4, 0.5) is 0 Å². The third-order valence-corrected chi connectivity index (χ3v) is 4.75. The Labute approximate surface area is 113 Å². The van der Waals surface area contributed by atoms with Crippen molar-refractivity contribution in [1.82, 2.24) is 15.5 Å². The van der Waals surface area contributed by atoms with Gasteiger partial charge in [-0.1, -0.05) is 19.3 Å². The van der Waals surface area contributed by atoms with Gasteiger partial charge in [-0.05, 0) is 39.7 Å². The van der Waals surface area contributed by atoms with Gasteiger partial charge in [0, 0.05) is 37.8 Å². The van der Waals surface area contributed by atoms with Gasteiger partial charge in [-0.2, -0.15) is 0 Å². The molecule has 0 amide bonds. The Bertz CT molecular complexity index is 228. The number of hydrogen-bond donors (Lipinski definition) is 2. The minimum atomic E-state index is 0.351. The van der Waals surface area contributed by atoms with Crippen LogP contribution in [-0.2, 0) is 0 Å². The minimum absolute atomic E-state index is 0.351. The Kier molecular flexibility index (Phi) is 5.46. The van der Waals surface area contributed by atoms with Crippen molar-refractivity contribution < 1.29 is 0 Å². The highest BCUT2D eigenvalue weighted by atomic mass is 15.2. The molecule has 1 aliphatic heterocycles. The van der Waals surface area contributed by atoms with Crippen molar-refractivity contribution in [3.8, 4) is 0 Å². The van der Waals surface area contributed by atoms with Gasteiger partial charge >= 0.3 is 0 Å². The number of nitrogens with one attached hydrogen (secondary N) is 2. The molecule has 2 N–H and O–H groups in total. The number of nitrogens with zero attached hydrogens (tertiary/aromatic N) is 1. The Morgan fingerprint density at radius 2 is 1.78 bits per heavy atom. The zero-order valence-electron chi connectivity index (χ0n) is 12.3. The number of piperazine rings is 1. The first-order valence-electron chi connectivity index (χ1n) is 7.88. The fourth-order valence-corrected chi connectivity index (χ4v) is 3.32. The molecule has 1 saturated carbocycles. The average molecular weight is 253 g/mol. The second-order valence-corrected chi connectivity index (χ2v) is 6.59. The standard InChI is InChI=1S/C15H31N3/c1-15(2,18-12-10-16-11-13-18)8-9-17-14-6-4-3-5-7-14/h14,16-17H,3-13H2,1-2H3. The monoisotopic (exact) mass is 253 g/mol. The van der Waals surface area contributed by atoms with E-state index in [1.807, 2.05) is 0 Å². The zero-order chi connectivity index (χ0) is 12.8. The molecule has 0 bridgehead atoms. The third-order valence-electron chi connectivity index (χ3n) is 4.75. The van der Waals surface area contributed by atoms with E-state index in [0.29, 0.717) is 5.54 Å². The molecule has 0 spiro atoms. The minimum Gasteiger partial charge on any atom is -0.314 e. The summed E-state index contributed by atoms with van der Waals surface area (Å²) in [7, 11) is 0. The van der Waals surface area contributed by atoms with Crippen molar-refractivity contribution in [3.63, 3.8) is 0 Å². The summed E-state index contributed by atoms with van der Waals surface area (Å²) < 4.78 is 0. The summed E-state index contributed by atoms with van der Waals surface area (Å²) in [5.41, 5.74) is 0.351. The van der Waals surface area contributed by atoms with Crippen molar-refractivity contribution in [1.29, 1.82) is 0 Å². The van der Waals surface area contributed by atoms with Crippen LogP contribution in [-0.4, -0.2) is 49.2 Å². The van der Waals surface area contributed by atoms with Crippen LogP contribution >= 0.6 is 0 Å². The van der Waals surface area contributed by atoms with Crippen LogP contribution in [0.25, 0.3) is 0 Å². The molecule has 3 nitrogen and oxygen atoms in total. The maximum atomic E-state index is 3.77. The largest absolute Gasteiger partial charge is 0.314 e. The van der Waals surface area contributed by atoms with Crippen molar-refractivity contribution in [2.45, 2.75) is 64.0 Å². The molecular formula is C15H31N3. The Hall–Kier alpha value is -0.120. The van der Waals surface area contributed by atoms with Gasteiger partial charge in [0.1, 0.15) is 0 Å². The topological polar surface area (TPSA) is 27.3 Å². The summed E-state index contributed by atoms with van der Waals surface area (Å²) >= 11 is 0. The van der Waals surface area contributed by atoms with Gasteiger partial charge in [0.2, 0.25) is 0 Å². The summed E-state index contributed by atoms with van der Waals surface area (Å²) in [6.45, 7) is 10.7. The maximum Gasteiger partial charge on any atom is 0.0166 e. The second kappa shape index (κ2) is 6.88. The van der Waals surface area contributed by atoms with E-state index in [-0.39, 0.29) is 0 Å². The van der Waals surface area contributed by atoms with Crippen LogP contribution in [0.2, 0.25) is 0 Å². The van der Waals surface area contributed by atoms with Crippen LogP contribution in [0.15, 0.2) is 0 Å². The van der Waals surface area contributed by atoms with Gasteiger partial charge in [-0.3, -0.25) is 4.90 Å². The van der Waals surface area contributed by atoms with Gasteiger partial charge in [0.15, 0.2) is 0 Å². The summed E-state index contributed by atoms with van der Waals surface area (Å²) in [5.74, 6) is 0.